The Labute approximate surface area is 200 Å². The molecule has 0 saturated heterocycles. The Kier molecular flexibility index (Phi) is 7.24. The highest BCUT2D eigenvalue weighted by Gasteiger charge is 2.15. The number of benzene rings is 3. The third-order valence-corrected chi connectivity index (χ3v) is 5.81. The topological polar surface area (TPSA) is 96.0 Å². The van der Waals surface area contributed by atoms with Crippen LogP contribution in [0.2, 0.25) is 0 Å². The van der Waals surface area contributed by atoms with Crippen molar-refractivity contribution in [2.75, 3.05) is 26.1 Å². The van der Waals surface area contributed by atoms with Gasteiger partial charge in [0, 0.05) is 0 Å². The molecule has 1 aromatic heterocycles. The van der Waals surface area contributed by atoms with E-state index in [-0.39, 0.29) is 19.1 Å². The molecule has 0 bridgehead atoms. The Hall–Kier alpha value is -4.11. The molecule has 3 aromatic carbocycles. The van der Waals surface area contributed by atoms with Gasteiger partial charge in [0.25, 0.3) is 5.91 Å². The van der Waals surface area contributed by atoms with E-state index >= 15 is 0 Å². The Morgan fingerprint density at radius 3 is 2.47 bits per heavy atom. The summed E-state index contributed by atoms with van der Waals surface area (Å²) < 4.78 is 22.6. The Morgan fingerprint density at radius 1 is 0.912 bits per heavy atom. The molecule has 0 fully saturated rings. The normalized spacial score (nSPS) is 10.5. The summed E-state index contributed by atoms with van der Waals surface area (Å²) in [6.45, 7) is -0.183. The second-order valence-corrected chi connectivity index (χ2v) is 8.17. The zero-order chi connectivity index (χ0) is 23.9. The van der Waals surface area contributed by atoms with Gasteiger partial charge in [-0.3, -0.25) is 4.79 Å². The van der Waals surface area contributed by atoms with Crippen LogP contribution in [0.4, 0.5) is 5.69 Å². The number of para-hydroxylation sites is 3. The van der Waals surface area contributed by atoms with Gasteiger partial charge in [-0.25, -0.2) is 9.78 Å². The molecule has 8 nitrogen and oxygen atoms in total. The lowest BCUT2D eigenvalue weighted by molar-refractivity contribution is -0.118. The lowest BCUT2D eigenvalue weighted by Gasteiger charge is -2.13. The van der Waals surface area contributed by atoms with E-state index in [0.29, 0.717) is 33.5 Å². The standard InChI is InChI=1S/C25H22N2O6S/c1-30-19-9-5-3-7-17(19)26-23(28)14-32-20-12-11-16(13-21(20)31-2)25(29)33-15-24-27-18-8-4-6-10-22(18)34-24/h3-13H,14-15H2,1-2H3,(H,26,28). The van der Waals surface area contributed by atoms with Crippen molar-refractivity contribution in [2.45, 2.75) is 6.61 Å². The molecule has 0 radical (unpaired) electrons. The van der Waals surface area contributed by atoms with Crippen molar-refractivity contribution in [3.05, 3.63) is 77.3 Å². The molecule has 0 aliphatic carbocycles. The number of thiazole rings is 1. The third-order valence-electron chi connectivity index (χ3n) is 4.80. The summed E-state index contributed by atoms with van der Waals surface area (Å²) in [7, 11) is 2.98. The second-order valence-electron chi connectivity index (χ2n) is 7.05. The lowest BCUT2D eigenvalue weighted by Crippen LogP contribution is -2.20. The molecule has 1 amide bonds. The maximum atomic E-state index is 12.5. The van der Waals surface area contributed by atoms with Crippen LogP contribution < -0.4 is 19.5 Å². The van der Waals surface area contributed by atoms with Crippen molar-refractivity contribution in [3.8, 4) is 17.2 Å². The largest absolute Gasteiger partial charge is 0.495 e. The Balaban J connectivity index is 1.35. The summed E-state index contributed by atoms with van der Waals surface area (Å²) in [5, 5.41) is 3.44. The fraction of sp³-hybridized carbons (Fsp3) is 0.160. The van der Waals surface area contributed by atoms with Gasteiger partial charge in [0.2, 0.25) is 0 Å². The minimum Gasteiger partial charge on any atom is -0.495 e. The fourth-order valence-electron chi connectivity index (χ4n) is 3.18. The van der Waals surface area contributed by atoms with Gasteiger partial charge < -0.3 is 24.3 Å². The van der Waals surface area contributed by atoms with Crippen molar-refractivity contribution in [3.63, 3.8) is 0 Å². The maximum Gasteiger partial charge on any atom is 0.338 e. The van der Waals surface area contributed by atoms with Crippen LogP contribution in [0.25, 0.3) is 10.2 Å². The van der Waals surface area contributed by atoms with Crippen LogP contribution in [0.3, 0.4) is 0 Å². The van der Waals surface area contributed by atoms with E-state index in [9.17, 15) is 9.59 Å². The highest BCUT2D eigenvalue weighted by atomic mass is 32.1. The summed E-state index contributed by atoms with van der Waals surface area (Å²) in [6, 6.07) is 19.4. The number of fused-ring (bicyclic) bond motifs is 1. The number of carbonyl (C=O) groups is 2. The van der Waals surface area contributed by atoms with Crippen LogP contribution in [-0.4, -0.2) is 37.7 Å². The Bertz CT molecular complexity index is 1290. The zero-order valence-electron chi connectivity index (χ0n) is 18.6. The van der Waals surface area contributed by atoms with Crippen LogP contribution in [0.15, 0.2) is 66.7 Å². The van der Waals surface area contributed by atoms with Gasteiger partial charge in [0.15, 0.2) is 18.1 Å². The van der Waals surface area contributed by atoms with E-state index in [4.69, 9.17) is 18.9 Å². The molecule has 4 aromatic rings. The first-order valence-corrected chi connectivity index (χ1v) is 11.1. The molecule has 1 heterocycles. The number of aromatic nitrogens is 1. The van der Waals surface area contributed by atoms with Gasteiger partial charge in [0.1, 0.15) is 17.4 Å². The molecule has 0 saturated carbocycles. The molecule has 1 N–H and O–H groups in total. The first-order valence-electron chi connectivity index (χ1n) is 10.3. The van der Waals surface area contributed by atoms with Gasteiger partial charge in [-0.05, 0) is 42.5 Å². The summed E-state index contributed by atoms with van der Waals surface area (Å²) in [4.78, 5) is 29.3. The van der Waals surface area contributed by atoms with Crippen molar-refractivity contribution in [1.29, 1.82) is 0 Å². The second kappa shape index (κ2) is 10.7. The third kappa shape index (κ3) is 5.44. The molecule has 0 spiro atoms. The molecule has 0 unspecified atom stereocenters. The highest BCUT2D eigenvalue weighted by Crippen LogP contribution is 2.29. The molecule has 4 rings (SSSR count). The van der Waals surface area contributed by atoms with E-state index < -0.39 is 5.97 Å². The van der Waals surface area contributed by atoms with Crippen LogP contribution in [0.5, 0.6) is 17.2 Å². The summed E-state index contributed by atoms with van der Waals surface area (Å²) in [6.07, 6.45) is 0. The molecular weight excluding hydrogens is 456 g/mol. The SMILES string of the molecule is COc1ccccc1NC(=O)COc1ccc(C(=O)OCc2nc3ccccc3s2)cc1OC. The minimum atomic E-state index is -0.516. The smallest absolute Gasteiger partial charge is 0.338 e. The summed E-state index contributed by atoms with van der Waals surface area (Å²) in [5.41, 5.74) is 1.71. The molecule has 34 heavy (non-hydrogen) atoms. The minimum absolute atomic E-state index is 0.0713. The lowest BCUT2D eigenvalue weighted by atomic mass is 10.2. The number of carbonyl (C=O) groups excluding carboxylic acids is 2. The number of ether oxygens (including phenoxy) is 4. The molecule has 0 atom stereocenters. The van der Waals surface area contributed by atoms with Gasteiger partial charge in [0.05, 0.1) is 35.7 Å². The van der Waals surface area contributed by atoms with E-state index in [2.05, 4.69) is 10.3 Å². The van der Waals surface area contributed by atoms with Crippen molar-refractivity contribution >= 4 is 39.1 Å². The van der Waals surface area contributed by atoms with Crippen molar-refractivity contribution in [2.24, 2.45) is 0 Å². The predicted octanol–water partition coefficient (Wildman–Crippen LogP) is 4.69. The average Bonchev–Trinajstić information content (AvgIpc) is 3.29. The molecule has 0 aliphatic rings. The fourth-order valence-corrected chi connectivity index (χ4v) is 4.06. The van der Waals surface area contributed by atoms with E-state index in [1.165, 1.54) is 31.6 Å². The van der Waals surface area contributed by atoms with Crippen LogP contribution >= 0.6 is 11.3 Å². The molecular formula is C25H22N2O6S. The first-order chi connectivity index (χ1) is 16.6. The zero-order valence-corrected chi connectivity index (χ0v) is 19.4. The number of nitrogens with one attached hydrogen (secondary N) is 1. The predicted molar refractivity (Wildman–Crippen MR) is 129 cm³/mol. The number of esters is 1. The average molecular weight is 479 g/mol. The highest BCUT2D eigenvalue weighted by molar-refractivity contribution is 7.18. The molecule has 9 heteroatoms. The Morgan fingerprint density at radius 2 is 1.68 bits per heavy atom. The molecule has 174 valence electrons. The number of anilines is 1. The number of hydrogen-bond donors (Lipinski definition) is 1. The number of methoxy groups -OCH3 is 2. The summed E-state index contributed by atoms with van der Waals surface area (Å²) in [5.74, 6) is 0.283. The summed E-state index contributed by atoms with van der Waals surface area (Å²) >= 11 is 1.48. The van der Waals surface area contributed by atoms with Gasteiger partial charge in [-0.1, -0.05) is 24.3 Å². The number of nitrogens with zero attached hydrogens (tertiary/aromatic N) is 1. The van der Waals surface area contributed by atoms with Crippen LogP contribution in [-0.2, 0) is 16.1 Å². The van der Waals surface area contributed by atoms with Crippen LogP contribution in [0, 0.1) is 0 Å². The quantitative estimate of drug-likeness (QED) is 0.349. The number of rotatable bonds is 9. The van der Waals surface area contributed by atoms with Crippen LogP contribution in [0.1, 0.15) is 15.4 Å². The monoisotopic (exact) mass is 478 g/mol. The van der Waals surface area contributed by atoms with E-state index in [0.717, 1.165) is 10.2 Å². The van der Waals surface area contributed by atoms with Crippen molar-refractivity contribution < 1.29 is 28.5 Å². The van der Waals surface area contributed by atoms with Gasteiger partial charge in [-0.2, -0.15) is 0 Å². The number of amides is 1. The van der Waals surface area contributed by atoms with Gasteiger partial charge >= 0.3 is 5.97 Å². The van der Waals surface area contributed by atoms with E-state index in [1.54, 1.807) is 36.4 Å². The van der Waals surface area contributed by atoms with Gasteiger partial charge in [-0.15, -0.1) is 11.3 Å². The molecule has 0 aliphatic heterocycles. The maximum absolute atomic E-state index is 12.5. The van der Waals surface area contributed by atoms with E-state index in [1.807, 2.05) is 24.3 Å². The van der Waals surface area contributed by atoms with Crippen molar-refractivity contribution in [1.82, 2.24) is 4.98 Å². The first kappa shape index (κ1) is 23.1. The number of hydrogen-bond acceptors (Lipinski definition) is 8.